The highest BCUT2D eigenvalue weighted by molar-refractivity contribution is 5.85. The Labute approximate surface area is 155 Å². The van der Waals surface area contributed by atoms with Gasteiger partial charge < -0.3 is 20.3 Å². The molecule has 1 aromatic carbocycles. The van der Waals surface area contributed by atoms with Gasteiger partial charge in [0.1, 0.15) is 5.75 Å². The number of nitrogens with two attached hydrogens (primary N) is 1. The molecule has 1 heterocycles. The van der Waals surface area contributed by atoms with Crippen LogP contribution in [0, 0.1) is 0 Å². The lowest BCUT2D eigenvalue weighted by Gasteiger charge is -2.36. The van der Waals surface area contributed by atoms with Crippen molar-refractivity contribution in [2.75, 3.05) is 26.2 Å². The third-order valence-corrected chi connectivity index (χ3v) is 4.28. The highest BCUT2D eigenvalue weighted by atomic mass is 35.5. The quantitative estimate of drug-likeness (QED) is 0.852. The van der Waals surface area contributed by atoms with E-state index in [1.807, 2.05) is 24.3 Å². The topological polar surface area (TPSA) is 75.9 Å². The van der Waals surface area contributed by atoms with Crippen LogP contribution in [0.4, 0.5) is 0 Å². The van der Waals surface area contributed by atoms with Gasteiger partial charge in [-0.2, -0.15) is 0 Å². The number of nitrogens with zero attached hydrogens (tertiary/aromatic N) is 2. The number of rotatable bonds is 5. The molecule has 0 radical (unpaired) electrons. The Morgan fingerprint density at radius 1 is 1.04 bits per heavy atom. The number of ether oxygens (including phenoxy) is 1. The van der Waals surface area contributed by atoms with Gasteiger partial charge in [-0.1, -0.05) is 19.1 Å². The van der Waals surface area contributed by atoms with E-state index in [1.54, 1.807) is 23.6 Å². The van der Waals surface area contributed by atoms with E-state index in [0.717, 1.165) is 6.42 Å². The average molecular weight is 370 g/mol. The van der Waals surface area contributed by atoms with Crippen LogP contribution in [0.5, 0.6) is 5.75 Å². The number of aryl methyl sites for hydroxylation is 1. The van der Waals surface area contributed by atoms with Crippen molar-refractivity contribution in [3.63, 3.8) is 0 Å². The summed E-state index contributed by atoms with van der Waals surface area (Å²) in [5.41, 5.74) is 6.86. The van der Waals surface area contributed by atoms with Gasteiger partial charge in [0.25, 0.3) is 5.91 Å². The van der Waals surface area contributed by atoms with Gasteiger partial charge in [0.2, 0.25) is 5.91 Å². The summed E-state index contributed by atoms with van der Waals surface area (Å²) >= 11 is 0. The van der Waals surface area contributed by atoms with Gasteiger partial charge in [0.05, 0.1) is 6.04 Å². The van der Waals surface area contributed by atoms with E-state index in [1.165, 1.54) is 5.56 Å². The lowest BCUT2D eigenvalue weighted by atomic mass is 10.2. The molecular weight excluding hydrogens is 342 g/mol. The van der Waals surface area contributed by atoms with Crippen molar-refractivity contribution in [1.82, 2.24) is 9.80 Å². The van der Waals surface area contributed by atoms with Gasteiger partial charge >= 0.3 is 0 Å². The smallest absolute Gasteiger partial charge is 0.263 e. The summed E-state index contributed by atoms with van der Waals surface area (Å²) in [6, 6.07) is 7.29. The molecule has 2 amide bonds. The molecule has 7 heteroatoms. The molecule has 0 bridgehead atoms. The second-order valence-electron chi connectivity index (χ2n) is 6.20. The highest BCUT2D eigenvalue weighted by Gasteiger charge is 2.28. The molecule has 25 heavy (non-hydrogen) atoms. The predicted molar refractivity (Wildman–Crippen MR) is 100.0 cm³/mol. The summed E-state index contributed by atoms with van der Waals surface area (Å²) < 4.78 is 5.75. The predicted octanol–water partition coefficient (Wildman–Crippen LogP) is 1.46. The van der Waals surface area contributed by atoms with Gasteiger partial charge in [-0.15, -0.1) is 12.4 Å². The van der Waals surface area contributed by atoms with Gasteiger partial charge in [-0.3, -0.25) is 9.59 Å². The first-order valence-electron chi connectivity index (χ1n) is 8.51. The van der Waals surface area contributed by atoms with Crippen LogP contribution in [0.1, 0.15) is 26.3 Å². The van der Waals surface area contributed by atoms with Crippen LogP contribution >= 0.6 is 12.4 Å². The van der Waals surface area contributed by atoms with Gasteiger partial charge in [0.15, 0.2) is 6.10 Å². The number of hydrogen-bond donors (Lipinski definition) is 1. The third kappa shape index (κ3) is 5.61. The van der Waals surface area contributed by atoms with Crippen molar-refractivity contribution >= 4 is 24.2 Å². The largest absolute Gasteiger partial charge is 0.481 e. The van der Waals surface area contributed by atoms with Crippen LogP contribution in [-0.4, -0.2) is 59.9 Å². The third-order valence-electron chi connectivity index (χ3n) is 4.28. The van der Waals surface area contributed by atoms with E-state index in [4.69, 9.17) is 10.5 Å². The van der Waals surface area contributed by atoms with Crippen molar-refractivity contribution in [2.24, 2.45) is 5.73 Å². The Morgan fingerprint density at radius 2 is 1.52 bits per heavy atom. The van der Waals surface area contributed by atoms with Crippen molar-refractivity contribution in [2.45, 2.75) is 39.3 Å². The maximum Gasteiger partial charge on any atom is 0.263 e. The zero-order valence-corrected chi connectivity index (χ0v) is 15.9. The van der Waals surface area contributed by atoms with Gasteiger partial charge in [-0.25, -0.2) is 0 Å². The van der Waals surface area contributed by atoms with Crippen LogP contribution in [0.2, 0.25) is 0 Å². The summed E-state index contributed by atoms with van der Waals surface area (Å²) in [6.07, 6.45) is 0.423. The van der Waals surface area contributed by atoms with E-state index in [9.17, 15) is 9.59 Å². The fraction of sp³-hybridized carbons (Fsp3) is 0.556. The zero-order chi connectivity index (χ0) is 17.7. The lowest BCUT2D eigenvalue weighted by Crippen LogP contribution is -2.55. The first-order valence-corrected chi connectivity index (χ1v) is 8.51. The number of hydrogen-bond acceptors (Lipinski definition) is 4. The Kier molecular flexibility index (Phi) is 8.19. The number of piperazine rings is 1. The lowest BCUT2D eigenvalue weighted by molar-refractivity contribution is -0.144. The molecule has 1 saturated heterocycles. The molecule has 0 saturated carbocycles. The monoisotopic (exact) mass is 369 g/mol. The van der Waals surface area contributed by atoms with E-state index in [2.05, 4.69) is 6.92 Å². The summed E-state index contributed by atoms with van der Waals surface area (Å²) in [5.74, 6) is 0.573. The van der Waals surface area contributed by atoms with E-state index < -0.39 is 12.1 Å². The Balaban J connectivity index is 0.00000312. The molecule has 1 fully saturated rings. The first-order chi connectivity index (χ1) is 11.4. The molecule has 140 valence electrons. The van der Waals surface area contributed by atoms with Gasteiger partial charge in [-0.05, 0) is 38.0 Å². The number of halogens is 1. The summed E-state index contributed by atoms with van der Waals surface area (Å²) in [7, 11) is 0. The van der Waals surface area contributed by atoms with Gasteiger partial charge in [0, 0.05) is 26.2 Å². The molecule has 0 spiro atoms. The standard InChI is InChI=1S/C18H27N3O3.ClH/c1-4-15-5-7-16(8-6-15)24-14(3)18(23)21-11-9-20(10-12-21)17(22)13(2)19;/h5-8,13-14H,4,9-12,19H2,1-3H3;1H/t13-,14?;/m0./s1. The Hall–Kier alpha value is -1.79. The molecule has 0 aromatic heterocycles. The molecule has 6 nitrogen and oxygen atoms in total. The fourth-order valence-corrected chi connectivity index (χ4v) is 2.75. The normalized spacial score (nSPS) is 16.6. The van der Waals surface area contributed by atoms with Crippen LogP contribution in [0.3, 0.4) is 0 Å². The molecule has 2 N–H and O–H groups in total. The Bertz CT molecular complexity index is 569. The zero-order valence-electron chi connectivity index (χ0n) is 15.1. The average Bonchev–Trinajstić information content (AvgIpc) is 2.61. The van der Waals surface area contributed by atoms with Crippen LogP contribution in [-0.2, 0) is 16.0 Å². The molecule has 2 atom stereocenters. The van der Waals surface area contributed by atoms with Crippen molar-refractivity contribution in [3.05, 3.63) is 29.8 Å². The first kappa shape index (κ1) is 21.3. The molecular formula is C18H28ClN3O3. The van der Waals surface area contributed by atoms with Crippen molar-refractivity contribution in [1.29, 1.82) is 0 Å². The minimum atomic E-state index is -0.548. The van der Waals surface area contributed by atoms with E-state index in [-0.39, 0.29) is 24.2 Å². The van der Waals surface area contributed by atoms with E-state index in [0.29, 0.717) is 31.9 Å². The molecule has 1 aromatic rings. The molecule has 1 aliphatic rings. The van der Waals surface area contributed by atoms with Crippen LogP contribution < -0.4 is 10.5 Å². The molecule has 2 rings (SSSR count). The summed E-state index contributed by atoms with van der Waals surface area (Å²) in [6.45, 7) is 7.60. The van der Waals surface area contributed by atoms with Crippen molar-refractivity contribution < 1.29 is 14.3 Å². The molecule has 1 unspecified atom stereocenters. The van der Waals surface area contributed by atoms with Crippen LogP contribution in [0.15, 0.2) is 24.3 Å². The number of carbonyl (C=O) groups is 2. The maximum absolute atomic E-state index is 12.5. The SMILES string of the molecule is CCc1ccc(OC(C)C(=O)N2CCN(C(=O)[C@H](C)N)CC2)cc1.Cl. The highest BCUT2D eigenvalue weighted by Crippen LogP contribution is 2.15. The summed E-state index contributed by atoms with van der Waals surface area (Å²) in [4.78, 5) is 27.8. The maximum atomic E-state index is 12.5. The van der Waals surface area contributed by atoms with Crippen LogP contribution in [0.25, 0.3) is 0 Å². The molecule has 0 aliphatic carbocycles. The minimum Gasteiger partial charge on any atom is -0.481 e. The second-order valence-corrected chi connectivity index (χ2v) is 6.20. The number of amides is 2. The fourth-order valence-electron chi connectivity index (χ4n) is 2.75. The number of carbonyl (C=O) groups excluding carboxylic acids is 2. The minimum absolute atomic E-state index is 0. The van der Waals surface area contributed by atoms with E-state index >= 15 is 0 Å². The molecule has 1 aliphatic heterocycles. The number of benzene rings is 1. The summed E-state index contributed by atoms with van der Waals surface area (Å²) in [5, 5.41) is 0. The second kappa shape index (κ2) is 9.63. The Morgan fingerprint density at radius 3 is 1.96 bits per heavy atom. The van der Waals surface area contributed by atoms with Crippen molar-refractivity contribution in [3.8, 4) is 5.75 Å².